The first-order valence-electron chi connectivity index (χ1n) is 8.17. The number of benzene rings is 1. The molecule has 2 aromatic rings. The van der Waals surface area contributed by atoms with Crippen molar-refractivity contribution < 1.29 is 9.53 Å². The number of carbonyl (C=O) groups excluding carboxylic acids is 1. The molecule has 4 rings (SSSR count). The molecule has 2 aliphatic heterocycles. The molecule has 0 unspecified atom stereocenters. The van der Waals surface area contributed by atoms with Gasteiger partial charge in [0.05, 0.1) is 12.1 Å². The Kier molecular flexibility index (Phi) is 4.02. The predicted molar refractivity (Wildman–Crippen MR) is 93.3 cm³/mol. The number of hydrogen-bond acceptors (Lipinski definition) is 4. The number of likely N-dealkylation sites (tertiary alicyclic amines) is 1. The van der Waals surface area contributed by atoms with Crippen LogP contribution in [0.1, 0.15) is 23.2 Å². The minimum Gasteiger partial charge on any atom is -0.488 e. The maximum Gasteiger partial charge on any atom is 0.255 e. The van der Waals surface area contributed by atoms with Crippen LogP contribution in [0.4, 0.5) is 11.5 Å². The molecular formula is C18H18ClN3O2. The largest absolute Gasteiger partial charge is 0.488 e. The van der Waals surface area contributed by atoms with E-state index in [0.717, 1.165) is 37.4 Å². The fourth-order valence-corrected chi connectivity index (χ4v) is 3.40. The van der Waals surface area contributed by atoms with Crippen LogP contribution in [-0.2, 0) is 0 Å². The van der Waals surface area contributed by atoms with Crippen LogP contribution in [0.25, 0.3) is 0 Å². The van der Waals surface area contributed by atoms with Crippen molar-refractivity contribution in [3.05, 3.63) is 47.1 Å². The van der Waals surface area contributed by atoms with Gasteiger partial charge in [0, 0.05) is 30.0 Å². The van der Waals surface area contributed by atoms with E-state index < -0.39 is 0 Å². The van der Waals surface area contributed by atoms with E-state index in [-0.39, 0.29) is 5.91 Å². The van der Waals surface area contributed by atoms with Gasteiger partial charge in [0.15, 0.2) is 11.6 Å². The summed E-state index contributed by atoms with van der Waals surface area (Å²) in [6, 6.07) is 9.46. The first kappa shape index (κ1) is 15.3. The number of fused-ring (bicyclic) bond motifs is 1. The number of hydrogen-bond donors (Lipinski definition) is 0. The number of rotatable bonds is 2. The van der Waals surface area contributed by atoms with Gasteiger partial charge < -0.3 is 14.5 Å². The van der Waals surface area contributed by atoms with Gasteiger partial charge in [0.25, 0.3) is 5.91 Å². The van der Waals surface area contributed by atoms with E-state index in [4.69, 9.17) is 16.3 Å². The highest BCUT2D eigenvalue weighted by molar-refractivity contribution is 6.30. The molecule has 3 heterocycles. The number of aromatic nitrogens is 1. The highest BCUT2D eigenvalue weighted by Gasteiger charge is 2.25. The summed E-state index contributed by atoms with van der Waals surface area (Å²) in [5.74, 6) is 1.40. The van der Waals surface area contributed by atoms with Crippen LogP contribution in [0, 0.1) is 0 Å². The molecule has 0 atom stereocenters. The molecule has 0 radical (unpaired) electrons. The van der Waals surface area contributed by atoms with Gasteiger partial charge in [-0.05, 0) is 37.1 Å². The smallest absolute Gasteiger partial charge is 0.255 e. The zero-order valence-corrected chi connectivity index (χ0v) is 14.0. The third-order valence-corrected chi connectivity index (χ3v) is 4.66. The zero-order valence-electron chi connectivity index (χ0n) is 13.2. The Morgan fingerprint density at radius 3 is 2.79 bits per heavy atom. The molecule has 1 amide bonds. The van der Waals surface area contributed by atoms with Crippen LogP contribution >= 0.6 is 11.6 Å². The summed E-state index contributed by atoms with van der Waals surface area (Å²) in [6.45, 7) is 2.89. The van der Waals surface area contributed by atoms with E-state index in [2.05, 4.69) is 9.88 Å². The number of halogens is 1. The van der Waals surface area contributed by atoms with E-state index in [1.807, 2.05) is 29.2 Å². The third-order valence-electron chi connectivity index (χ3n) is 4.42. The minimum absolute atomic E-state index is 0.0336. The standard InChI is InChI=1S/C18H18ClN3O2/c19-14-4-3-5-15(11-14)22-8-9-24-16-10-13(12-20-17(16)22)18(23)21-6-1-2-7-21/h3-5,10-12H,1-2,6-9H2. The summed E-state index contributed by atoms with van der Waals surface area (Å²) >= 11 is 6.10. The zero-order chi connectivity index (χ0) is 16.5. The molecule has 0 saturated carbocycles. The number of ether oxygens (including phenoxy) is 1. The second kappa shape index (κ2) is 6.32. The second-order valence-electron chi connectivity index (χ2n) is 6.03. The lowest BCUT2D eigenvalue weighted by Crippen LogP contribution is -2.31. The fraction of sp³-hybridized carbons (Fsp3) is 0.333. The predicted octanol–water partition coefficient (Wildman–Crippen LogP) is 3.50. The molecule has 0 N–H and O–H groups in total. The van der Waals surface area contributed by atoms with E-state index in [1.165, 1.54) is 0 Å². The Bertz CT molecular complexity index is 775. The van der Waals surface area contributed by atoms with Gasteiger partial charge in [0.1, 0.15) is 6.61 Å². The minimum atomic E-state index is 0.0336. The van der Waals surface area contributed by atoms with Gasteiger partial charge >= 0.3 is 0 Å². The van der Waals surface area contributed by atoms with Crippen molar-refractivity contribution in [3.8, 4) is 5.75 Å². The topological polar surface area (TPSA) is 45.7 Å². The lowest BCUT2D eigenvalue weighted by Gasteiger charge is -2.30. The molecule has 124 valence electrons. The average Bonchev–Trinajstić information content (AvgIpc) is 3.14. The first-order chi connectivity index (χ1) is 11.7. The molecule has 5 nitrogen and oxygen atoms in total. The fourth-order valence-electron chi connectivity index (χ4n) is 3.21. The summed E-state index contributed by atoms with van der Waals surface area (Å²) < 4.78 is 5.75. The second-order valence-corrected chi connectivity index (χ2v) is 6.46. The lowest BCUT2D eigenvalue weighted by atomic mass is 10.2. The average molecular weight is 344 g/mol. The monoisotopic (exact) mass is 343 g/mol. The summed E-state index contributed by atoms with van der Waals surface area (Å²) in [4.78, 5) is 21.0. The van der Waals surface area contributed by atoms with Crippen LogP contribution in [0.15, 0.2) is 36.5 Å². The van der Waals surface area contributed by atoms with Crippen LogP contribution in [-0.4, -0.2) is 42.0 Å². The number of carbonyl (C=O) groups is 1. The Morgan fingerprint density at radius 2 is 2.00 bits per heavy atom. The van der Waals surface area contributed by atoms with E-state index >= 15 is 0 Å². The number of amides is 1. The summed E-state index contributed by atoms with van der Waals surface area (Å²) in [5.41, 5.74) is 1.56. The SMILES string of the molecule is O=C(c1cnc2c(c1)OCCN2c1cccc(Cl)c1)N1CCCC1. The summed E-state index contributed by atoms with van der Waals surface area (Å²) in [6.07, 6.45) is 3.79. The van der Waals surface area contributed by atoms with Crippen molar-refractivity contribution >= 4 is 29.0 Å². The molecule has 1 aromatic carbocycles. The third kappa shape index (κ3) is 2.80. The molecule has 1 saturated heterocycles. The number of anilines is 2. The van der Waals surface area contributed by atoms with Crippen molar-refractivity contribution in [1.29, 1.82) is 0 Å². The van der Waals surface area contributed by atoms with Crippen LogP contribution in [0.5, 0.6) is 5.75 Å². The quantitative estimate of drug-likeness (QED) is 0.837. The number of nitrogens with zero attached hydrogens (tertiary/aromatic N) is 3. The van der Waals surface area contributed by atoms with Gasteiger partial charge in [-0.2, -0.15) is 0 Å². The first-order valence-corrected chi connectivity index (χ1v) is 8.55. The molecule has 1 fully saturated rings. The summed E-state index contributed by atoms with van der Waals surface area (Å²) in [5, 5.41) is 0.682. The molecular weight excluding hydrogens is 326 g/mol. The highest BCUT2D eigenvalue weighted by atomic mass is 35.5. The lowest BCUT2D eigenvalue weighted by molar-refractivity contribution is 0.0792. The molecule has 0 aliphatic carbocycles. The summed E-state index contributed by atoms with van der Waals surface area (Å²) in [7, 11) is 0. The Hall–Kier alpha value is -2.27. The molecule has 0 bridgehead atoms. The highest BCUT2D eigenvalue weighted by Crippen LogP contribution is 2.36. The molecule has 24 heavy (non-hydrogen) atoms. The van der Waals surface area contributed by atoms with E-state index in [9.17, 15) is 4.79 Å². The van der Waals surface area contributed by atoms with Crippen molar-refractivity contribution in [2.24, 2.45) is 0 Å². The Morgan fingerprint density at radius 1 is 1.17 bits per heavy atom. The van der Waals surface area contributed by atoms with Crippen molar-refractivity contribution in [2.75, 3.05) is 31.1 Å². The maximum absolute atomic E-state index is 12.5. The maximum atomic E-state index is 12.5. The Balaban J connectivity index is 1.65. The van der Waals surface area contributed by atoms with Gasteiger partial charge in [-0.15, -0.1) is 0 Å². The van der Waals surface area contributed by atoms with Crippen LogP contribution in [0.2, 0.25) is 5.02 Å². The molecule has 2 aliphatic rings. The van der Waals surface area contributed by atoms with Gasteiger partial charge in [-0.3, -0.25) is 4.79 Å². The van der Waals surface area contributed by atoms with Gasteiger partial charge in [-0.1, -0.05) is 17.7 Å². The van der Waals surface area contributed by atoms with Crippen molar-refractivity contribution in [3.63, 3.8) is 0 Å². The molecule has 1 aromatic heterocycles. The van der Waals surface area contributed by atoms with Crippen molar-refractivity contribution in [2.45, 2.75) is 12.8 Å². The number of pyridine rings is 1. The van der Waals surface area contributed by atoms with Gasteiger partial charge in [-0.25, -0.2) is 4.98 Å². The van der Waals surface area contributed by atoms with Crippen LogP contribution in [0.3, 0.4) is 0 Å². The molecule has 6 heteroatoms. The van der Waals surface area contributed by atoms with Gasteiger partial charge in [0.2, 0.25) is 0 Å². The van der Waals surface area contributed by atoms with Crippen LogP contribution < -0.4 is 9.64 Å². The van der Waals surface area contributed by atoms with E-state index in [1.54, 1.807) is 12.3 Å². The Labute approximate surface area is 145 Å². The van der Waals surface area contributed by atoms with E-state index in [0.29, 0.717) is 29.5 Å². The van der Waals surface area contributed by atoms with Crippen molar-refractivity contribution in [1.82, 2.24) is 9.88 Å². The normalized spacial score (nSPS) is 16.7. The molecule has 0 spiro atoms.